The van der Waals surface area contributed by atoms with Gasteiger partial charge in [-0.25, -0.2) is 4.98 Å². The van der Waals surface area contributed by atoms with E-state index in [-0.39, 0.29) is 0 Å². The van der Waals surface area contributed by atoms with Gasteiger partial charge in [-0.2, -0.15) is 0 Å². The van der Waals surface area contributed by atoms with E-state index in [1.165, 1.54) is 0 Å². The predicted octanol–water partition coefficient (Wildman–Crippen LogP) is 2.73. The number of aromatic nitrogens is 2. The van der Waals surface area contributed by atoms with Crippen LogP contribution in [0.25, 0.3) is 10.6 Å². The molecule has 17 heavy (non-hydrogen) atoms. The molecule has 0 atom stereocenters. The highest BCUT2D eigenvalue weighted by Crippen LogP contribution is 2.23. The first-order valence-electron chi connectivity index (χ1n) is 5.82. The van der Waals surface area contributed by atoms with Gasteiger partial charge >= 0.3 is 0 Å². The summed E-state index contributed by atoms with van der Waals surface area (Å²) in [5.41, 5.74) is 1.80. The molecule has 4 nitrogen and oxygen atoms in total. The lowest BCUT2D eigenvalue weighted by atomic mass is 10.3. The van der Waals surface area contributed by atoms with E-state index in [4.69, 9.17) is 4.42 Å². The molecule has 2 aromatic heterocycles. The molecule has 92 valence electrons. The lowest BCUT2D eigenvalue weighted by molar-refractivity contribution is 0.485. The Morgan fingerprint density at radius 3 is 3.00 bits per heavy atom. The summed E-state index contributed by atoms with van der Waals surface area (Å²) in [7, 11) is 0. The maximum absolute atomic E-state index is 5.67. The molecule has 0 fully saturated rings. The molecule has 0 saturated carbocycles. The maximum Gasteiger partial charge on any atom is 0.194 e. The SMILES string of the molecule is CC(C)NCCCc1ncc(-c2cncs2)o1. The van der Waals surface area contributed by atoms with Crippen LogP contribution in [0.1, 0.15) is 26.2 Å². The predicted molar refractivity (Wildman–Crippen MR) is 69.1 cm³/mol. The largest absolute Gasteiger partial charge is 0.440 e. The van der Waals surface area contributed by atoms with E-state index in [1.54, 1.807) is 29.2 Å². The molecule has 0 aliphatic carbocycles. The second-order valence-corrected chi connectivity index (χ2v) is 5.08. The third-order valence-electron chi connectivity index (χ3n) is 2.35. The normalized spacial score (nSPS) is 11.2. The molecule has 0 amide bonds. The second kappa shape index (κ2) is 5.93. The molecule has 5 heteroatoms. The van der Waals surface area contributed by atoms with Crippen molar-refractivity contribution in [3.05, 3.63) is 23.8 Å². The minimum absolute atomic E-state index is 0.535. The van der Waals surface area contributed by atoms with Crippen LogP contribution in [0.4, 0.5) is 0 Å². The van der Waals surface area contributed by atoms with Gasteiger partial charge in [-0.15, -0.1) is 11.3 Å². The third-order valence-corrected chi connectivity index (χ3v) is 3.14. The molecule has 2 aromatic rings. The molecule has 0 unspecified atom stereocenters. The summed E-state index contributed by atoms with van der Waals surface area (Å²) < 4.78 is 5.67. The van der Waals surface area contributed by atoms with Crippen LogP contribution in [-0.2, 0) is 6.42 Å². The highest BCUT2D eigenvalue weighted by atomic mass is 32.1. The van der Waals surface area contributed by atoms with Gasteiger partial charge in [0.2, 0.25) is 0 Å². The molecule has 2 heterocycles. The van der Waals surface area contributed by atoms with E-state index in [1.807, 2.05) is 0 Å². The van der Waals surface area contributed by atoms with E-state index in [2.05, 4.69) is 29.1 Å². The van der Waals surface area contributed by atoms with Crippen LogP contribution in [-0.4, -0.2) is 22.6 Å². The van der Waals surface area contributed by atoms with Crippen LogP contribution in [0.5, 0.6) is 0 Å². The van der Waals surface area contributed by atoms with Gasteiger partial charge in [0.15, 0.2) is 11.7 Å². The number of thiazole rings is 1. The molecule has 0 bridgehead atoms. The smallest absolute Gasteiger partial charge is 0.194 e. The van der Waals surface area contributed by atoms with Gasteiger partial charge in [0, 0.05) is 18.7 Å². The maximum atomic E-state index is 5.67. The van der Waals surface area contributed by atoms with Gasteiger partial charge in [-0.3, -0.25) is 4.98 Å². The Morgan fingerprint density at radius 2 is 2.29 bits per heavy atom. The van der Waals surface area contributed by atoms with E-state index in [0.717, 1.165) is 35.9 Å². The van der Waals surface area contributed by atoms with Gasteiger partial charge in [-0.05, 0) is 13.0 Å². The van der Waals surface area contributed by atoms with Crippen molar-refractivity contribution in [1.29, 1.82) is 0 Å². The fourth-order valence-electron chi connectivity index (χ4n) is 1.51. The van der Waals surface area contributed by atoms with Gasteiger partial charge in [0.25, 0.3) is 0 Å². The molecule has 0 saturated heterocycles. The lowest BCUT2D eigenvalue weighted by Gasteiger charge is -2.05. The Labute approximate surface area is 105 Å². The molecule has 0 aliphatic heterocycles. The quantitative estimate of drug-likeness (QED) is 0.802. The van der Waals surface area contributed by atoms with Crippen LogP contribution in [0.2, 0.25) is 0 Å². The van der Waals surface area contributed by atoms with E-state index < -0.39 is 0 Å². The Morgan fingerprint density at radius 1 is 1.41 bits per heavy atom. The van der Waals surface area contributed by atoms with Crippen LogP contribution in [0, 0.1) is 0 Å². The first-order valence-corrected chi connectivity index (χ1v) is 6.70. The molecule has 0 aromatic carbocycles. The monoisotopic (exact) mass is 251 g/mol. The highest BCUT2D eigenvalue weighted by Gasteiger charge is 2.07. The van der Waals surface area contributed by atoms with Crippen molar-refractivity contribution in [3.8, 4) is 10.6 Å². The Balaban J connectivity index is 1.83. The zero-order valence-electron chi connectivity index (χ0n) is 10.1. The number of hydrogen-bond acceptors (Lipinski definition) is 5. The van der Waals surface area contributed by atoms with Crippen LogP contribution >= 0.6 is 11.3 Å². The first kappa shape index (κ1) is 12.3. The average molecular weight is 251 g/mol. The van der Waals surface area contributed by atoms with Crippen LogP contribution in [0.3, 0.4) is 0 Å². The minimum Gasteiger partial charge on any atom is -0.440 e. The summed E-state index contributed by atoms with van der Waals surface area (Å²) in [6.07, 6.45) is 5.49. The van der Waals surface area contributed by atoms with Crippen molar-refractivity contribution in [2.75, 3.05) is 6.54 Å². The summed E-state index contributed by atoms with van der Waals surface area (Å²) in [5.74, 6) is 1.62. The first-order chi connectivity index (χ1) is 8.25. The van der Waals surface area contributed by atoms with Crippen molar-refractivity contribution in [2.45, 2.75) is 32.7 Å². The zero-order valence-corrected chi connectivity index (χ0v) is 11.0. The highest BCUT2D eigenvalue weighted by molar-refractivity contribution is 7.13. The summed E-state index contributed by atoms with van der Waals surface area (Å²) in [6.45, 7) is 5.29. The van der Waals surface area contributed by atoms with E-state index in [0.29, 0.717) is 6.04 Å². The van der Waals surface area contributed by atoms with Crippen LogP contribution in [0.15, 0.2) is 22.3 Å². The average Bonchev–Trinajstić information content (AvgIpc) is 2.94. The summed E-state index contributed by atoms with van der Waals surface area (Å²) >= 11 is 1.56. The molecule has 0 aliphatic rings. The molecule has 0 spiro atoms. The van der Waals surface area contributed by atoms with Gasteiger partial charge in [0.05, 0.1) is 16.6 Å². The van der Waals surface area contributed by atoms with Gasteiger partial charge in [0.1, 0.15) is 0 Å². The number of rotatable bonds is 6. The lowest BCUT2D eigenvalue weighted by Crippen LogP contribution is -2.23. The molecular weight excluding hydrogens is 234 g/mol. The zero-order chi connectivity index (χ0) is 12.1. The van der Waals surface area contributed by atoms with Crippen molar-refractivity contribution in [3.63, 3.8) is 0 Å². The van der Waals surface area contributed by atoms with E-state index >= 15 is 0 Å². The number of nitrogens with zero attached hydrogens (tertiary/aromatic N) is 2. The van der Waals surface area contributed by atoms with E-state index in [9.17, 15) is 0 Å². The standard InChI is InChI=1S/C12H17N3OS/c1-9(2)14-5-3-4-12-15-6-10(16-12)11-7-13-8-17-11/h6-9,14H,3-5H2,1-2H3. The van der Waals surface area contributed by atoms with Crippen molar-refractivity contribution < 1.29 is 4.42 Å². The molecule has 2 rings (SSSR count). The Kier molecular flexibility index (Phi) is 4.28. The number of oxazole rings is 1. The summed E-state index contributed by atoms with van der Waals surface area (Å²) in [6, 6.07) is 0.535. The second-order valence-electron chi connectivity index (χ2n) is 4.20. The minimum atomic E-state index is 0.535. The van der Waals surface area contributed by atoms with Gasteiger partial charge < -0.3 is 9.73 Å². The molecule has 0 radical (unpaired) electrons. The Hall–Kier alpha value is -1.20. The Bertz CT molecular complexity index is 436. The fraction of sp³-hybridized carbons (Fsp3) is 0.500. The van der Waals surface area contributed by atoms with Gasteiger partial charge in [-0.1, -0.05) is 13.8 Å². The number of hydrogen-bond donors (Lipinski definition) is 1. The van der Waals surface area contributed by atoms with Crippen molar-refractivity contribution in [1.82, 2.24) is 15.3 Å². The third kappa shape index (κ3) is 3.64. The van der Waals surface area contributed by atoms with Crippen LogP contribution < -0.4 is 5.32 Å². The fourth-order valence-corrected chi connectivity index (χ4v) is 2.08. The van der Waals surface area contributed by atoms with Crippen molar-refractivity contribution >= 4 is 11.3 Å². The molecular formula is C12H17N3OS. The van der Waals surface area contributed by atoms with Crippen molar-refractivity contribution in [2.24, 2.45) is 0 Å². The number of aryl methyl sites for hydroxylation is 1. The number of nitrogens with one attached hydrogen (secondary N) is 1. The molecule has 1 N–H and O–H groups in total. The summed E-state index contributed by atoms with van der Waals surface area (Å²) in [5, 5.41) is 3.37. The topological polar surface area (TPSA) is 51.0 Å². The summed E-state index contributed by atoms with van der Waals surface area (Å²) in [4.78, 5) is 9.33.